The molecule has 2 heterocycles. The molecule has 0 aromatic heterocycles. The van der Waals surface area contributed by atoms with Crippen LogP contribution in [0.4, 0.5) is 0 Å². The summed E-state index contributed by atoms with van der Waals surface area (Å²) < 4.78 is 0. The van der Waals surface area contributed by atoms with E-state index >= 15 is 0 Å². The first-order valence-corrected chi connectivity index (χ1v) is 10.4. The number of likely N-dealkylation sites (tertiary alicyclic amines) is 1. The highest BCUT2D eigenvalue weighted by Gasteiger charge is 2.45. The van der Waals surface area contributed by atoms with Crippen LogP contribution in [0, 0.1) is 11.3 Å². The van der Waals surface area contributed by atoms with E-state index in [2.05, 4.69) is 17.1 Å². The highest BCUT2D eigenvalue weighted by atomic mass is 16.6. The van der Waals surface area contributed by atoms with Gasteiger partial charge in [-0.25, -0.2) is 0 Å². The first-order chi connectivity index (χ1) is 13.9. The monoisotopic (exact) mass is 397 g/mol. The quantitative estimate of drug-likeness (QED) is 0.719. The molecule has 1 atom stereocenters. The number of benzene rings is 1. The third kappa shape index (κ3) is 4.86. The minimum atomic E-state index is -0.552. The minimum Gasteiger partial charge on any atom is -0.392 e. The molecule has 0 spiro atoms. The fourth-order valence-electron chi connectivity index (χ4n) is 4.17. The van der Waals surface area contributed by atoms with Gasteiger partial charge in [-0.2, -0.15) is 0 Å². The summed E-state index contributed by atoms with van der Waals surface area (Å²) in [5.74, 6) is 0.139. The summed E-state index contributed by atoms with van der Waals surface area (Å²) in [6.07, 6.45) is 4.11. The van der Waals surface area contributed by atoms with Crippen LogP contribution in [-0.4, -0.2) is 48.2 Å². The largest absolute Gasteiger partial charge is 0.392 e. The normalized spacial score (nSPS) is 20.7. The summed E-state index contributed by atoms with van der Waals surface area (Å²) in [7, 11) is 0. The average molecular weight is 398 g/mol. The van der Waals surface area contributed by atoms with Gasteiger partial charge in [0.2, 0.25) is 11.8 Å². The lowest BCUT2D eigenvalue weighted by atomic mass is 9.72. The van der Waals surface area contributed by atoms with Crippen molar-refractivity contribution in [2.24, 2.45) is 16.5 Å². The molecule has 6 heteroatoms. The number of piperidine rings is 1. The molecule has 0 saturated carbocycles. The molecule has 156 valence electrons. The van der Waals surface area contributed by atoms with Gasteiger partial charge in [-0.1, -0.05) is 55.4 Å². The summed E-state index contributed by atoms with van der Waals surface area (Å²) in [6.45, 7) is 9.14. The van der Waals surface area contributed by atoms with Crippen molar-refractivity contribution in [1.29, 1.82) is 0 Å². The van der Waals surface area contributed by atoms with E-state index in [9.17, 15) is 9.59 Å². The van der Waals surface area contributed by atoms with Gasteiger partial charge < -0.3 is 15.1 Å². The molecule has 1 N–H and O–H groups in total. The fourth-order valence-corrected chi connectivity index (χ4v) is 4.17. The van der Waals surface area contributed by atoms with E-state index in [4.69, 9.17) is 4.84 Å². The summed E-state index contributed by atoms with van der Waals surface area (Å²) >= 11 is 0. The zero-order valence-corrected chi connectivity index (χ0v) is 17.4. The smallest absolute Gasteiger partial charge is 0.226 e. The number of oxime groups is 1. The second-order valence-corrected chi connectivity index (χ2v) is 8.30. The molecule has 0 unspecified atom stereocenters. The predicted molar refractivity (Wildman–Crippen MR) is 113 cm³/mol. The van der Waals surface area contributed by atoms with Gasteiger partial charge in [0.25, 0.3) is 0 Å². The highest BCUT2D eigenvalue weighted by molar-refractivity contribution is 6.01. The van der Waals surface area contributed by atoms with E-state index in [-0.39, 0.29) is 23.8 Å². The van der Waals surface area contributed by atoms with E-state index in [1.807, 2.05) is 49.1 Å². The maximum atomic E-state index is 13.1. The first kappa shape index (κ1) is 21.1. The zero-order chi connectivity index (χ0) is 20.9. The number of amides is 2. The number of hydrogen-bond acceptors (Lipinski definition) is 4. The lowest BCUT2D eigenvalue weighted by Gasteiger charge is -2.42. The van der Waals surface area contributed by atoms with Gasteiger partial charge in [0.1, 0.15) is 6.10 Å². The molecule has 2 aliphatic rings. The molecule has 0 aliphatic carbocycles. The molecule has 2 amide bonds. The van der Waals surface area contributed by atoms with Crippen molar-refractivity contribution < 1.29 is 14.4 Å². The van der Waals surface area contributed by atoms with Gasteiger partial charge in [-0.05, 0) is 18.4 Å². The molecule has 29 heavy (non-hydrogen) atoms. The van der Waals surface area contributed by atoms with Crippen LogP contribution in [0.2, 0.25) is 0 Å². The third-order valence-electron chi connectivity index (χ3n) is 5.87. The molecular weight excluding hydrogens is 366 g/mol. The summed E-state index contributed by atoms with van der Waals surface area (Å²) in [6, 6.07) is 9.98. The Bertz CT molecular complexity index is 765. The van der Waals surface area contributed by atoms with Gasteiger partial charge in [-0.3, -0.25) is 9.59 Å². The number of nitrogens with zero attached hydrogens (tertiary/aromatic N) is 2. The molecule has 1 aromatic carbocycles. The fraction of sp³-hybridized carbons (Fsp3) is 0.522. The van der Waals surface area contributed by atoms with E-state index in [0.717, 1.165) is 11.3 Å². The van der Waals surface area contributed by atoms with Crippen LogP contribution in [0.3, 0.4) is 0 Å². The number of rotatable bonds is 7. The maximum Gasteiger partial charge on any atom is 0.226 e. The standard InChI is InChI=1S/C23H31N3O3/c1-4-12-24-22(28)23(10-13-26(14-11-23)21(27)17(2)3)16-19-15-20(25-29-19)18-8-6-5-7-9-18/h4-9,17,19H,1,10-16H2,2-3H3,(H,24,28)/t19-/m1/s1. The van der Waals surface area contributed by atoms with E-state index < -0.39 is 5.41 Å². The molecule has 2 aliphatic heterocycles. The number of carbonyl (C=O) groups excluding carboxylic acids is 2. The van der Waals surface area contributed by atoms with Crippen LogP contribution in [0.15, 0.2) is 48.1 Å². The van der Waals surface area contributed by atoms with Gasteiger partial charge in [0.15, 0.2) is 0 Å². The Balaban J connectivity index is 1.68. The van der Waals surface area contributed by atoms with Crippen molar-refractivity contribution in [1.82, 2.24) is 10.2 Å². The highest BCUT2D eigenvalue weighted by Crippen LogP contribution is 2.39. The van der Waals surface area contributed by atoms with E-state index in [1.165, 1.54) is 0 Å². The summed E-state index contributed by atoms with van der Waals surface area (Å²) in [4.78, 5) is 33.0. The lowest BCUT2D eigenvalue weighted by Crippen LogP contribution is -2.52. The van der Waals surface area contributed by atoms with Crippen LogP contribution in [0.25, 0.3) is 0 Å². The van der Waals surface area contributed by atoms with Gasteiger partial charge >= 0.3 is 0 Å². The van der Waals surface area contributed by atoms with Crippen LogP contribution in [0.1, 0.15) is 45.1 Å². The Morgan fingerprint density at radius 3 is 2.62 bits per heavy atom. The summed E-state index contributed by atoms with van der Waals surface area (Å²) in [5, 5.41) is 7.25. The Kier molecular flexibility index (Phi) is 6.72. The number of hydrogen-bond donors (Lipinski definition) is 1. The minimum absolute atomic E-state index is 0.0193. The average Bonchev–Trinajstić information content (AvgIpc) is 3.20. The zero-order valence-electron chi connectivity index (χ0n) is 17.4. The number of carbonyl (C=O) groups is 2. The van der Waals surface area contributed by atoms with Crippen LogP contribution >= 0.6 is 0 Å². The summed E-state index contributed by atoms with van der Waals surface area (Å²) in [5.41, 5.74) is 1.42. The van der Waals surface area contributed by atoms with Crippen LogP contribution < -0.4 is 5.32 Å². The van der Waals surface area contributed by atoms with Crippen LogP contribution in [-0.2, 0) is 14.4 Å². The Morgan fingerprint density at radius 1 is 1.31 bits per heavy atom. The SMILES string of the molecule is C=CCNC(=O)C1(C[C@H]2CC(c3ccccc3)=NO2)CCN(C(=O)C(C)C)CC1. The van der Waals surface area contributed by atoms with Crippen LogP contribution in [0.5, 0.6) is 0 Å². The number of nitrogens with one attached hydrogen (secondary N) is 1. The van der Waals surface area contributed by atoms with Gasteiger partial charge in [0.05, 0.1) is 11.1 Å². The van der Waals surface area contributed by atoms with Gasteiger partial charge in [-0.15, -0.1) is 6.58 Å². The Morgan fingerprint density at radius 2 is 2.00 bits per heavy atom. The van der Waals surface area contributed by atoms with Crippen molar-refractivity contribution in [3.63, 3.8) is 0 Å². The molecule has 0 bridgehead atoms. The van der Waals surface area contributed by atoms with E-state index in [1.54, 1.807) is 6.08 Å². The van der Waals surface area contributed by atoms with E-state index in [0.29, 0.717) is 45.3 Å². The molecule has 1 fully saturated rings. The van der Waals surface area contributed by atoms with Crippen molar-refractivity contribution in [2.75, 3.05) is 19.6 Å². The topological polar surface area (TPSA) is 71.0 Å². The van der Waals surface area contributed by atoms with Crippen molar-refractivity contribution in [3.05, 3.63) is 48.6 Å². The molecule has 0 radical (unpaired) electrons. The molecule has 3 rings (SSSR count). The van der Waals surface area contributed by atoms with Crippen molar-refractivity contribution in [3.8, 4) is 0 Å². The molecule has 1 saturated heterocycles. The Labute approximate surface area is 173 Å². The maximum absolute atomic E-state index is 13.1. The van der Waals surface area contributed by atoms with Gasteiger partial charge in [0, 0.05) is 38.4 Å². The molecule has 6 nitrogen and oxygen atoms in total. The molecular formula is C23H31N3O3. The lowest BCUT2D eigenvalue weighted by molar-refractivity contribution is -0.144. The predicted octanol–water partition coefficient (Wildman–Crippen LogP) is 3.14. The second-order valence-electron chi connectivity index (χ2n) is 8.30. The first-order valence-electron chi connectivity index (χ1n) is 10.4. The van der Waals surface area contributed by atoms with Crippen molar-refractivity contribution >= 4 is 17.5 Å². The Hall–Kier alpha value is -2.63. The molecule has 1 aromatic rings. The second kappa shape index (κ2) is 9.25. The third-order valence-corrected chi connectivity index (χ3v) is 5.87. The van der Waals surface area contributed by atoms with Crippen molar-refractivity contribution in [2.45, 2.75) is 45.6 Å².